The Kier molecular flexibility index (Phi) is 14.4. The van der Waals surface area contributed by atoms with Gasteiger partial charge in [-0.2, -0.15) is 0 Å². The number of rotatable bonds is 11. The molecule has 0 radical (unpaired) electrons. The Labute approximate surface area is 469 Å². The minimum absolute atomic E-state index is 0.000320. The number of piperazine rings is 1. The number of morpholine rings is 1. The van der Waals surface area contributed by atoms with E-state index in [-0.39, 0.29) is 36.8 Å². The molecule has 5 saturated heterocycles. The number of hydrogen-bond donors (Lipinski definition) is 4. The number of amides is 3. The molecule has 3 aliphatic carbocycles. The molecule has 6 atom stereocenters. The van der Waals surface area contributed by atoms with Gasteiger partial charge < -0.3 is 34.3 Å². The Morgan fingerprint density at radius 3 is 2.44 bits per heavy atom. The number of nitrogens with one attached hydrogen (secondary N) is 3. The fraction of sp³-hybridized carbons (Fsp3) is 0.629. The molecule has 8 heterocycles. The van der Waals surface area contributed by atoms with Crippen LogP contribution in [-0.2, 0) is 48.0 Å². The number of aromatic nitrogens is 2. The van der Waals surface area contributed by atoms with Crippen molar-refractivity contribution >= 4 is 40.3 Å². The summed E-state index contributed by atoms with van der Waals surface area (Å²) in [5, 5.41) is 20.5. The van der Waals surface area contributed by atoms with Crippen LogP contribution < -0.4 is 21.0 Å². The normalized spacial score (nSPS) is 27.4. The van der Waals surface area contributed by atoms with Gasteiger partial charge in [-0.25, -0.2) is 9.82 Å². The highest BCUT2D eigenvalue weighted by Gasteiger charge is 2.57. The van der Waals surface area contributed by atoms with Crippen molar-refractivity contribution in [2.24, 2.45) is 17.3 Å². The molecular formula is C62H81FN10O7. The van der Waals surface area contributed by atoms with E-state index in [0.29, 0.717) is 100.0 Å². The molecule has 2 aromatic heterocycles. The number of anilines is 1. The van der Waals surface area contributed by atoms with Crippen molar-refractivity contribution in [2.75, 3.05) is 77.0 Å². The van der Waals surface area contributed by atoms with Gasteiger partial charge in [0.05, 0.1) is 61.7 Å². The van der Waals surface area contributed by atoms with Crippen LogP contribution in [0, 0.1) is 23.1 Å². The topological polar surface area (TPSA) is 187 Å². The van der Waals surface area contributed by atoms with Crippen LogP contribution in [-0.4, -0.2) is 172 Å². The first-order chi connectivity index (χ1) is 38.6. The van der Waals surface area contributed by atoms with Gasteiger partial charge in [0.1, 0.15) is 29.5 Å². The van der Waals surface area contributed by atoms with Crippen LogP contribution in [0.2, 0.25) is 0 Å². The van der Waals surface area contributed by atoms with Gasteiger partial charge in [0.15, 0.2) is 0 Å². The number of nitrogens with zero attached hydrogens (tertiary/aromatic N) is 7. The maximum atomic E-state index is 16.4. The smallest absolute Gasteiger partial charge is 0.324 e. The van der Waals surface area contributed by atoms with Crippen molar-refractivity contribution in [3.8, 4) is 22.4 Å². The molecule has 428 valence electrons. The number of cyclic esters (lactones) is 1. The number of likely N-dealkylation sites (tertiary alicyclic amines) is 1. The first-order valence-electron chi connectivity index (χ1n) is 30.2. The average molecular weight is 1100 g/mol. The summed E-state index contributed by atoms with van der Waals surface area (Å²) in [5.74, 6) is -0.787. The number of pyridine rings is 1. The van der Waals surface area contributed by atoms with Gasteiger partial charge in [-0.3, -0.25) is 44.3 Å². The maximum Gasteiger partial charge on any atom is 0.324 e. The summed E-state index contributed by atoms with van der Waals surface area (Å²) in [6.07, 6.45) is 11.2. The zero-order chi connectivity index (χ0) is 55.2. The average Bonchev–Trinajstić information content (AvgIpc) is 4.57. The highest BCUT2D eigenvalue weighted by molar-refractivity contribution is 5.96. The van der Waals surface area contributed by atoms with E-state index in [4.69, 9.17) is 14.5 Å². The monoisotopic (exact) mass is 1100 g/mol. The fourth-order valence-electron chi connectivity index (χ4n) is 14.7. The molecule has 9 aliphatic rings. The van der Waals surface area contributed by atoms with E-state index in [1.54, 1.807) is 6.92 Å². The quantitative estimate of drug-likeness (QED) is 0.105. The van der Waals surface area contributed by atoms with E-state index < -0.39 is 52.9 Å². The number of aliphatic hydroxyl groups is 1. The fourth-order valence-corrected chi connectivity index (χ4v) is 14.7. The van der Waals surface area contributed by atoms with Gasteiger partial charge in [0, 0.05) is 92.7 Å². The van der Waals surface area contributed by atoms with Crippen LogP contribution in [0.25, 0.3) is 33.3 Å². The second-order valence-electron chi connectivity index (χ2n) is 25.9. The van der Waals surface area contributed by atoms with Gasteiger partial charge in [-0.15, -0.1) is 0 Å². The Hall–Kier alpha value is -5.50. The predicted octanol–water partition coefficient (Wildman–Crippen LogP) is 5.74. The van der Waals surface area contributed by atoms with Gasteiger partial charge in [-0.1, -0.05) is 38.8 Å². The molecular weight excluding hydrogens is 1020 g/mol. The van der Waals surface area contributed by atoms with Crippen LogP contribution in [0.1, 0.15) is 115 Å². The van der Waals surface area contributed by atoms with Crippen molar-refractivity contribution in [2.45, 2.75) is 159 Å². The third-order valence-corrected chi connectivity index (χ3v) is 19.2. The number of hydrogen-bond acceptors (Lipinski definition) is 13. The first-order valence-corrected chi connectivity index (χ1v) is 30.2. The SMILES string of the molecule is CCn1c(-c2cc(N3CCN(C4CC4)CC3)cnc2[C@H](C)O)c2c3cc(ccc31)-c1cc(F)cc(c1)C[C@H](NC(=O)[C@H](C1CCCC1)N1CCOC3(CN(C(=O)[C@@H]4N[C@@H]4C4CC4)C3)C1)C(=O)N1CCC[C@H](N1)C(=O)OCC(C)(C)C2. The molecule has 17 nitrogen and oxygen atoms in total. The molecule has 18 heteroatoms. The molecule has 0 unspecified atom stereocenters. The highest BCUT2D eigenvalue weighted by atomic mass is 19.1. The Morgan fingerprint density at radius 1 is 0.912 bits per heavy atom. The number of halogens is 1. The summed E-state index contributed by atoms with van der Waals surface area (Å²) in [7, 11) is 0. The number of carbonyl (C=O) groups is 4. The summed E-state index contributed by atoms with van der Waals surface area (Å²) in [4.78, 5) is 72.3. The van der Waals surface area contributed by atoms with Gasteiger partial charge >= 0.3 is 5.97 Å². The zero-order valence-electron chi connectivity index (χ0n) is 47.2. The molecule has 3 amide bonds. The second-order valence-corrected chi connectivity index (χ2v) is 25.9. The van der Waals surface area contributed by atoms with Crippen molar-refractivity contribution in [1.82, 2.24) is 45.3 Å². The van der Waals surface area contributed by atoms with Crippen molar-refractivity contribution < 1.29 is 38.1 Å². The van der Waals surface area contributed by atoms with E-state index in [1.165, 1.54) is 42.8 Å². The molecule has 80 heavy (non-hydrogen) atoms. The van der Waals surface area contributed by atoms with Crippen LogP contribution >= 0.6 is 0 Å². The van der Waals surface area contributed by atoms with E-state index in [0.717, 1.165) is 90.8 Å². The molecule has 4 N–H and O–H groups in total. The number of fused-ring (bicyclic) bond motifs is 6. The van der Waals surface area contributed by atoms with Crippen LogP contribution in [0.15, 0.2) is 48.7 Å². The van der Waals surface area contributed by atoms with Crippen molar-refractivity contribution in [1.29, 1.82) is 0 Å². The zero-order valence-corrected chi connectivity index (χ0v) is 47.2. The molecule has 3 saturated carbocycles. The van der Waals surface area contributed by atoms with Crippen LogP contribution in [0.3, 0.4) is 0 Å². The molecule has 1 spiro atoms. The molecule has 4 aromatic rings. The highest BCUT2D eigenvalue weighted by Crippen LogP contribution is 2.45. The summed E-state index contributed by atoms with van der Waals surface area (Å²) in [6.45, 7) is 15.3. The van der Waals surface area contributed by atoms with E-state index in [2.05, 4.69) is 74.3 Å². The van der Waals surface area contributed by atoms with Crippen molar-refractivity contribution in [3.63, 3.8) is 0 Å². The van der Waals surface area contributed by atoms with E-state index >= 15 is 14.0 Å². The Morgan fingerprint density at radius 2 is 1.70 bits per heavy atom. The maximum absolute atomic E-state index is 16.4. The summed E-state index contributed by atoms with van der Waals surface area (Å²) < 4.78 is 31.4. The van der Waals surface area contributed by atoms with E-state index in [9.17, 15) is 14.7 Å². The predicted molar refractivity (Wildman–Crippen MR) is 302 cm³/mol. The number of hydrazine groups is 1. The molecule has 8 fully saturated rings. The lowest BCUT2D eigenvalue weighted by molar-refractivity contribution is -0.197. The lowest BCUT2D eigenvalue weighted by atomic mass is 9.84. The summed E-state index contributed by atoms with van der Waals surface area (Å²) in [6, 6.07) is 11.8. The standard InChI is InChI=1S/C62H81FN10O7/c1-5-72-51-17-14-41-29-46(51)48(56(72)47-30-45(32-64-52(47)37(2)74)69-21-19-68(20-22-69)44-15-16-44)31-61(3,4)36-79-60(78)49-11-8-18-73(67-49)58(76)50(27-38-25-42(41)28-43(63)26-38)65-57(75)55(40-9-6-7-10-40)70-23-24-80-62(33-70)34-71(35-62)59(77)54-53(66-54)39-12-13-39/h14,17,25-26,28-30,32,37,39-40,44,49-50,53-55,66-67,74H,5-13,15-16,18-24,27,31,33-36H2,1-4H3,(H,65,75)/t37-,49-,50-,53+,54+,55-/m0/s1. The summed E-state index contributed by atoms with van der Waals surface area (Å²) >= 11 is 0. The number of carbonyl (C=O) groups excluding carboxylic acids is 4. The summed E-state index contributed by atoms with van der Waals surface area (Å²) in [5.41, 5.74) is 9.38. The molecule has 6 aliphatic heterocycles. The first kappa shape index (κ1) is 53.8. The van der Waals surface area contributed by atoms with Gasteiger partial charge in [-0.05, 0) is 136 Å². The largest absolute Gasteiger partial charge is 0.464 e. The number of esters is 1. The Bertz CT molecular complexity index is 3040. The number of aryl methyl sites for hydroxylation is 1. The minimum Gasteiger partial charge on any atom is -0.464 e. The number of aliphatic hydroxyl groups excluding tert-OH is 1. The van der Waals surface area contributed by atoms with E-state index in [1.807, 2.05) is 23.2 Å². The van der Waals surface area contributed by atoms with Gasteiger partial charge in [0.25, 0.3) is 5.91 Å². The third kappa shape index (κ3) is 10.7. The van der Waals surface area contributed by atoms with Crippen LogP contribution in [0.5, 0.6) is 0 Å². The van der Waals surface area contributed by atoms with Crippen molar-refractivity contribution in [3.05, 3.63) is 71.3 Å². The number of ether oxygens (including phenoxy) is 2. The molecule has 2 aromatic carbocycles. The lowest BCUT2D eigenvalue weighted by Crippen LogP contribution is -2.73. The minimum atomic E-state index is -1.11. The number of benzene rings is 2. The lowest BCUT2D eigenvalue weighted by Gasteiger charge is -2.55. The second kappa shape index (κ2) is 21.4. The molecule has 6 bridgehead atoms. The van der Waals surface area contributed by atoms with Gasteiger partial charge in [0.2, 0.25) is 11.8 Å². The van der Waals surface area contributed by atoms with Crippen LogP contribution in [0.4, 0.5) is 10.1 Å². The third-order valence-electron chi connectivity index (χ3n) is 19.2. The Balaban J connectivity index is 0.841. The molecule has 13 rings (SSSR count).